The van der Waals surface area contributed by atoms with Gasteiger partial charge in [0.2, 0.25) is 5.91 Å². The van der Waals surface area contributed by atoms with E-state index in [1.54, 1.807) is 12.1 Å². The number of ether oxygens (including phenoxy) is 1. The van der Waals surface area contributed by atoms with Crippen molar-refractivity contribution in [3.05, 3.63) is 101 Å². The minimum absolute atomic E-state index is 0.0362. The van der Waals surface area contributed by atoms with Gasteiger partial charge in [0.1, 0.15) is 5.75 Å². The average molecular weight is 504 g/mol. The summed E-state index contributed by atoms with van der Waals surface area (Å²) in [6.07, 6.45) is -2.09. The van der Waals surface area contributed by atoms with Crippen molar-refractivity contribution in [1.29, 1.82) is 0 Å². The average Bonchev–Trinajstić information content (AvgIpc) is 2.81. The van der Waals surface area contributed by atoms with Crippen molar-refractivity contribution in [2.24, 2.45) is 0 Å². The Kier molecular flexibility index (Phi) is 8.38. The van der Waals surface area contributed by atoms with E-state index < -0.39 is 17.8 Å². The van der Waals surface area contributed by atoms with Crippen molar-refractivity contribution in [3.63, 3.8) is 0 Å². The van der Waals surface area contributed by atoms with Crippen LogP contribution in [0.2, 0.25) is 5.02 Å². The molecule has 1 atom stereocenters. The lowest BCUT2D eigenvalue weighted by Gasteiger charge is -2.13. The summed E-state index contributed by atoms with van der Waals surface area (Å²) in [5.41, 5.74) is 0.216. The summed E-state index contributed by atoms with van der Waals surface area (Å²) in [6.45, 7) is 1.87. The summed E-state index contributed by atoms with van der Waals surface area (Å²) in [5, 5.41) is 7.56. The minimum Gasteiger partial charge on any atom is -0.465 e. The summed E-state index contributed by atoms with van der Waals surface area (Å²) in [5.74, 6) is 0.0709. The van der Waals surface area contributed by atoms with Gasteiger partial charge in [0.15, 0.2) is 0 Å². The van der Waals surface area contributed by atoms with Crippen LogP contribution >= 0.6 is 11.6 Å². The molecule has 0 heterocycles. The molecule has 0 aliphatic rings. The maximum Gasteiger partial charge on any atom is 0.416 e. The first-order valence-corrected chi connectivity index (χ1v) is 10.7. The van der Waals surface area contributed by atoms with E-state index in [0.717, 1.165) is 23.8 Å². The Hall–Kier alpha value is -3.98. The Balaban J connectivity index is 1.50. The minimum atomic E-state index is -4.57. The lowest BCUT2D eigenvalue weighted by atomic mass is 10.1. The molecule has 3 N–H and O–H groups in total. The second-order valence-electron chi connectivity index (χ2n) is 7.36. The van der Waals surface area contributed by atoms with E-state index in [-0.39, 0.29) is 22.7 Å². The lowest BCUT2D eigenvalue weighted by Crippen LogP contribution is -2.24. The van der Waals surface area contributed by atoms with Crippen LogP contribution in [-0.4, -0.2) is 11.9 Å². The highest BCUT2D eigenvalue weighted by Gasteiger charge is 2.31. The molecule has 3 aromatic carbocycles. The number of amides is 3. The van der Waals surface area contributed by atoms with Crippen LogP contribution in [-0.2, 0) is 11.0 Å². The van der Waals surface area contributed by atoms with E-state index in [0.29, 0.717) is 11.4 Å². The number of nitrogens with one attached hydrogen (secondary N) is 3. The maximum atomic E-state index is 12.9. The number of carbonyl (C=O) groups excluding carboxylic acids is 2. The van der Waals surface area contributed by atoms with Gasteiger partial charge in [-0.15, -0.1) is 0 Å². The van der Waals surface area contributed by atoms with Crippen molar-refractivity contribution >= 4 is 34.9 Å². The van der Waals surface area contributed by atoms with Gasteiger partial charge in [0.05, 0.1) is 28.6 Å². The molecule has 35 heavy (non-hydrogen) atoms. The molecule has 0 saturated carbocycles. The van der Waals surface area contributed by atoms with Gasteiger partial charge in [-0.1, -0.05) is 41.9 Å². The van der Waals surface area contributed by atoms with Gasteiger partial charge in [-0.25, -0.2) is 4.79 Å². The molecule has 0 bridgehead atoms. The molecule has 0 fully saturated rings. The summed E-state index contributed by atoms with van der Waals surface area (Å²) < 4.78 is 44.0. The molecule has 10 heteroatoms. The van der Waals surface area contributed by atoms with Gasteiger partial charge in [-0.2, -0.15) is 13.2 Å². The van der Waals surface area contributed by atoms with Gasteiger partial charge >= 0.3 is 12.2 Å². The zero-order valence-electron chi connectivity index (χ0n) is 18.4. The van der Waals surface area contributed by atoms with Crippen molar-refractivity contribution in [1.82, 2.24) is 5.32 Å². The molecular formula is C25H21ClF3N3O3. The number of rotatable bonds is 7. The molecule has 0 radical (unpaired) electrons. The number of carbonyl (C=O) groups is 2. The number of alkyl halides is 3. The quantitative estimate of drug-likeness (QED) is 0.246. The van der Waals surface area contributed by atoms with Crippen molar-refractivity contribution in [2.75, 3.05) is 10.6 Å². The molecule has 6 nitrogen and oxygen atoms in total. The summed E-state index contributed by atoms with van der Waals surface area (Å²) in [4.78, 5) is 24.2. The molecule has 3 amide bonds. The summed E-state index contributed by atoms with van der Waals surface area (Å²) in [7, 11) is 0. The second-order valence-corrected chi connectivity index (χ2v) is 7.76. The third-order valence-corrected chi connectivity index (χ3v) is 5.07. The van der Waals surface area contributed by atoms with E-state index in [4.69, 9.17) is 16.3 Å². The van der Waals surface area contributed by atoms with Crippen LogP contribution in [0.25, 0.3) is 0 Å². The molecular weight excluding hydrogens is 483 g/mol. The number of urea groups is 1. The SMILES string of the molecule is CC(NC(=O)/C=C/Oc1ccc(NC(=O)Nc2cc(C(F)(F)F)ccc2Cl)cc1)c1ccccc1. The fourth-order valence-electron chi connectivity index (χ4n) is 2.96. The van der Waals surface area contributed by atoms with Crippen LogP contribution in [0.1, 0.15) is 24.1 Å². The smallest absolute Gasteiger partial charge is 0.416 e. The molecule has 0 saturated heterocycles. The first kappa shape index (κ1) is 25.6. The van der Waals surface area contributed by atoms with Crippen molar-refractivity contribution in [3.8, 4) is 5.75 Å². The van der Waals surface area contributed by atoms with Crippen molar-refractivity contribution in [2.45, 2.75) is 19.1 Å². The van der Waals surface area contributed by atoms with E-state index in [1.165, 1.54) is 24.5 Å². The maximum absolute atomic E-state index is 12.9. The zero-order valence-corrected chi connectivity index (χ0v) is 19.2. The number of hydrogen-bond donors (Lipinski definition) is 3. The van der Waals surface area contributed by atoms with E-state index in [1.807, 2.05) is 37.3 Å². The van der Waals surface area contributed by atoms with E-state index in [2.05, 4.69) is 16.0 Å². The highest BCUT2D eigenvalue weighted by molar-refractivity contribution is 6.33. The Labute approximate surface area is 204 Å². The summed E-state index contributed by atoms with van der Waals surface area (Å²) in [6, 6.07) is 17.3. The van der Waals surface area contributed by atoms with Crippen LogP contribution in [0, 0.1) is 0 Å². The van der Waals surface area contributed by atoms with Crippen LogP contribution in [0.4, 0.5) is 29.3 Å². The monoisotopic (exact) mass is 503 g/mol. The van der Waals surface area contributed by atoms with Gasteiger partial charge < -0.3 is 20.7 Å². The Bertz CT molecular complexity index is 1200. The third-order valence-electron chi connectivity index (χ3n) is 4.74. The van der Waals surface area contributed by atoms with Crippen LogP contribution in [0.3, 0.4) is 0 Å². The standard InChI is InChI=1S/C25H21ClF3N3O3/c1-16(17-5-3-2-4-6-17)30-23(33)13-14-35-20-10-8-19(9-11-20)31-24(34)32-22-15-18(25(27,28)29)7-12-21(22)26/h2-16H,1H3,(H,30,33)(H2,31,32,34)/b14-13+. The van der Waals surface area contributed by atoms with Gasteiger partial charge in [-0.3, -0.25) is 4.79 Å². The van der Waals surface area contributed by atoms with Crippen LogP contribution in [0.15, 0.2) is 85.1 Å². The second kappa shape index (κ2) is 11.4. The topological polar surface area (TPSA) is 79.5 Å². The van der Waals surface area contributed by atoms with Gasteiger partial charge in [0.25, 0.3) is 0 Å². The first-order valence-electron chi connectivity index (χ1n) is 10.4. The predicted molar refractivity (Wildman–Crippen MR) is 128 cm³/mol. The number of hydrogen-bond acceptors (Lipinski definition) is 3. The Morgan fingerprint density at radius 2 is 1.66 bits per heavy atom. The van der Waals surface area contributed by atoms with Crippen molar-refractivity contribution < 1.29 is 27.5 Å². The molecule has 0 spiro atoms. The predicted octanol–water partition coefficient (Wildman–Crippen LogP) is 6.77. The molecule has 0 aromatic heterocycles. The van der Waals surface area contributed by atoms with E-state index in [9.17, 15) is 22.8 Å². The molecule has 3 aromatic rings. The molecule has 0 aliphatic carbocycles. The van der Waals surface area contributed by atoms with Crippen LogP contribution in [0.5, 0.6) is 5.75 Å². The third kappa shape index (κ3) is 7.79. The molecule has 1 unspecified atom stereocenters. The molecule has 3 rings (SSSR count). The van der Waals surface area contributed by atoms with Gasteiger partial charge in [0, 0.05) is 11.8 Å². The van der Waals surface area contributed by atoms with Gasteiger partial charge in [-0.05, 0) is 55.0 Å². The fraction of sp³-hybridized carbons (Fsp3) is 0.120. The lowest BCUT2D eigenvalue weighted by molar-refractivity contribution is -0.137. The number of benzene rings is 3. The Morgan fingerprint density at radius 3 is 2.31 bits per heavy atom. The highest BCUT2D eigenvalue weighted by atomic mass is 35.5. The normalized spacial score (nSPS) is 12.1. The summed E-state index contributed by atoms with van der Waals surface area (Å²) >= 11 is 5.88. The first-order chi connectivity index (χ1) is 16.6. The van der Waals surface area contributed by atoms with Crippen LogP contribution < -0.4 is 20.7 Å². The Morgan fingerprint density at radius 1 is 0.971 bits per heavy atom. The number of halogens is 4. The highest BCUT2D eigenvalue weighted by Crippen LogP contribution is 2.33. The number of anilines is 2. The zero-order chi connectivity index (χ0) is 25.4. The molecule has 0 aliphatic heterocycles. The van der Waals surface area contributed by atoms with E-state index >= 15 is 0 Å². The fourth-order valence-corrected chi connectivity index (χ4v) is 3.12. The largest absolute Gasteiger partial charge is 0.465 e. The molecule has 182 valence electrons.